The van der Waals surface area contributed by atoms with E-state index in [2.05, 4.69) is 10.3 Å². The van der Waals surface area contributed by atoms with Gasteiger partial charge < -0.3 is 14.8 Å². The van der Waals surface area contributed by atoms with Gasteiger partial charge in [0.05, 0.1) is 12.7 Å². The normalized spacial score (nSPS) is 11.1. The van der Waals surface area contributed by atoms with Crippen molar-refractivity contribution in [1.29, 1.82) is 0 Å². The summed E-state index contributed by atoms with van der Waals surface area (Å²) >= 11 is 0. The van der Waals surface area contributed by atoms with Crippen molar-refractivity contribution in [2.75, 3.05) is 19.5 Å². The van der Waals surface area contributed by atoms with Crippen LogP contribution in [0.4, 0.5) is 19.0 Å². The molecule has 21 heavy (non-hydrogen) atoms. The predicted molar refractivity (Wildman–Crippen MR) is 71.9 cm³/mol. The summed E-state index contributed by atoms with van der Waals surface area (Å²) in [5, 5.41) is 2.57. The van der Waals surface area contributed by atoms with Crippen molar-refractivity contribution in [2.24, 2.45) is 0 Å². The topological polar surface area (TPSA) is 43.4 Å². The molecule has 0 radical (unpaired) electrons. The van der Waals surface area contributed by atoms with Crippen LogP contribution >= 0.6 is 0 Å². The zero-order chi connectivity index (χ0) is 15.5. The Labute approximate surface area is 119 Å². The third-order valence-electron chi connectivity index (χ3n) is 2.67. The van der Waals surface area contributed by atoms with Crippen molar-refractivity contribution >= 4 is 5.82 Å². The molecule has 1 N–H and O–H groups in total. The summed E-state index contributed by atoms with van der Waals surface area (Å²) in [6, 6.07) is 8.39. The van der Waals surface area contributed by atoms with Gasteiger partial charge in [0.15, 0.2) is 11.5 Å². The first-order valence-electron chi connectivity index (χ1n) is 6.02. The first-order chi connectivity index (χ1) is 9.94. The molecule has 1 heterocycles. The highest BCUT2D eigenvalue weighted by Gasteiger charge is 2.32. The van der Waals surface area contributed by atoms with Crippen LogP contribution in [0.25, 0.3) is 0 Å². The van der Waals surface area contributed by atoms with Crippen molar-refractivity contribution in [2.45, 2.75) is 6.18 Å². The Morgan fingerprint density at radius 2 is 1.76 bits per heavy atom. The van der Waals surface area contributed by atoms with E-state index in [1.165, 1.54) is 14.2 Å². The molecular formula is C14H13F3N2O2. The second kappa shape index (κ2) is 5.90. The van der Waals surface area contributed by atoms with Gasteiger partial charge in [-0.05, 0) is 18.2 Å². The number of alkyl halides is 3. The van der Waals surface area contributed by atoms with Crippen LogP contribution in [-0.4, -0.2) is 19.1 Å². The molecule has 4 nitrogen and oxygen atoms in total. The van der Waals surface area contributed by atoms with E-state index in [-0.39, 0.29) is 17.4 Å². The van der Waals surface area contributed by atoms with E-state index in [0.29, 0.717) is 5.75 Å². The minimum Gasteiger partial charge on any atom is -0.493 e. The van der Waals surface area contributed by atoms with Crippen LogP contribution < -0.4 is 14.8 Å². The van der Waals surface area contributed by atoms with Gasteiger partial charge in [-0.2, -0.15) is 18.2 Å². The van der Waals surface area contributed by atoms with Crippen molar-refractivity contribution in [3.8, 4) is 17.4 Å². The number of hydrogen-bond donors (Lipinski definition) is 1. The summed E-state index contributed by atoms with van der Waals surface area (Å²) in [6.07, 6.45) is -4.48. The van der Waals surface area contributed by atoms with Gasteiger partial charge in [-0.3, -0.25) is 0 Å². The third-order valence-corrected chi connectivity index (χ3v) is 2.67. The molecule has 2 rings (SSSR count). The number of anilines is 1. The minimum atomic E-state index is -4.48. The van der Waals surface area contributed by atoms with Gasteiger partial charge in [0.25, 0.3) is 0 Å². The minimum absolute atomic E-state index is 0.0646. The fraction of sp³-hybridized carbons (Fsp3) is 0.214. The van der Waals surface area contributed by atoms with E-state index in [1.54, 1.807) is 24.3 Å². The molecule has 0 fully saturated rings. The van der Waals surface area contributed by atoms with E-state index in [9.17, 15) is 13.2 Å². The van der Waals surface area contributed by atoms with E-state index >= 15 is 0 Å². The average molecular weight is 298 g/mol. The van der Waals surface area contributed by atoms with E-state index in [1.807, 2.05) is 0 Å². The van der Waals surface area contributed by atoms with Gasteiger partial charge in [-0.1, -0.05) is 12.1 Å². The predicted octanol–water partition coefficient (Wildman–Crippen LogP) is 3.94. The molecule has 0 saturated carbocycles. The highest BCUT2D eigenvalue weighted by Crippen LogP contribution is 2.35. The molecule has 0 aliphatic rings. The average Bonchev–Trinajstić information content (AvgIpc) is 2.46. The maximum absolute atomic E-state index is 12.8. The summed E-state index contributed by atoms with van der Waals surface area (Å²) in [4.78, 5) is 3.95. The smallest absolute Gasteiger partial charge is 0.416 e. The summed E-state index contributed by atoms with van der Waals surface area (Å²) < 4.78 is 49.0. The Morgan fingerprint density at radius 3 is 2.33 bits per heavy atom. The van der Waals surface area contributed by atoms with Gasteiger partial charge in [-0.15, -0.1) is 0 Å². The molecule has 0 atom stereocenters. The monoisotopic (exact) mass is 298 g/mol. The second-order valence-corrected chi connectivity index (χ2v) is 4.08. The molecule has 2 aromatic rings. The zero-order valence-electron chi connectivity index (χ0n) is 11.4. The number of halogens is 3. The quantitative estimate of drug-likeness (QED) is 0.928. The lowest BCUT2D eigenvalue weighted by molar-refractivity contribution is -0.137. The molecular weight excluding hydrogens is 285 g/mol. The lowest BCUT2D eigenvalue weighted by atomic mass is 10.2. The Hall–Kier alpha value is -2.44. The maximum Gasteiger partial charge on any atom is 0.416 e. The van der Waals surface area contributed by atoms with Crippen LogP contribution in [0.5, 0.6) is 17.4 Å². The summed E-state index contributed by atoms with van der Waals surface area (Å²) in [5.74, 6) is 0.588. The maximum atomic E-state index is 12.8. The van der Waals surface area contributed by atoms with Crippen molar-refractivity contribution in [3.63, 3.8) is 0 Å². The second-order valence-electron chi connectivity index (χ2n) is 4.08. The largest absolute Gasteiger partial charge is 0.493 e. The number of benzene rings is 1. The Kier molecular flexibility index (Phi) is 4.21. The van der Waals surface area contributed by atoms with Gasteiger partial charge in [0, 0.05) is 13.1 Å². The molecule has 0 amide bonds. The number of hydrogen-bond acceptors (Lipinski definition) is 4. The standard InChI is InChI=1S/C14H13F3N2O2/c1-18-12-7-9(14(15,16)17)8-13(19-12)21-11-6-4-3-5-10(11)20-2/h3-8H,1-2H3,(H,18,19). The molecule has 1 aromatic carbocycles. The zero-order valence-corrected chi connectivity index (χ0v) is 11.4. The van der Waals surface area contributed by atoms with Gasteiger partial charge in [0.1, 0.15) is 5.82 Å². The van der Waals surface area contributed by atoms with Crippen molar-refractivity contribution in [1.82, 2.24) is 4.98 Å². The van der Waals surface area contributed by atoms with E-state index in [0.717, 1.165) is 12.1 Å². The molecule has 0 aliphatic heterocycles. The lowest BCUT2D eigenvalue weighted by Gasteiger charge is -2.13. The summed E-state index contributed by atoms with van der Waals surface area (Å²) in [6.45, 7) is 0. The molecule has 0 saturated heterocycles. The molecule has 0 unspecified atom stereocenters. The van der Waals surface area contributed by atoms with Gasteiger partial charge in [0.2, 0.25) is 5.88 Å². The molecule has 0 spiro atoms. The summed E-state index contributed by atoms with van der Waals surface area (Å²) in [5.41, 5.74) is -0.841. The highest BCUT2D eigenvalue weighted by atomic mass is 19.4. The molecule has 7 heteroatoms. The van der Waals surface area contributed by atoms with E-state index in [4.69, 9.17) is 9.47 Å². The van der Waals surface area contributed by atoms with E-state index < -0.39 is 11.7 Å². The molecule has 1 aromatic heterocycles. The molecule has 112 valence electrons. The number of aromatic nitrogens is 1. The van der Waals surface area contributed by atoms with Gasteiger partial charge in [-0.25, -0.2) is 0 Å². The van der Waals surface area contributed by atoms with Gasteiger partial charge >= 0.3 is 6.18 Å². The lowest BCUT2D eigenvalue weighted by Crippen LogP contribution is -2.07. The molecule has 0 aliphatic carbocycles. The Morgan fingerprint density at radius 1 is 1.10 bits per heavy atom. The number of nitrogens with one attached hydrogen (secondary N) is 1. The molecule has 0 bridgehead atoms. The van der Waals surface area contributed by atoms with Crippen LogP contribution in [0.1, 0.15) is 5.56 Å². The van der Waals surface area contributed by atoms with Crippen LogP contribution in [0, 0.1) is 0 Å². The summed E-state index contributed by atoms with van der Waals surface area (Å²) in [7, 11) is 2.93. The number of para-hydroxylation sites is 2. The van der Waals surface area contributed by atoms with Crippen LogP contribution in [0.3, 0.4) is 0 Å². The Bertz CT molecular complexity index is 630. The fourth-order valence-corrected chi connectivity index (χ4v) is 1.67. The van der Waals surface area contributed by atoms with Crippen LogP contribution in [0.2, 0.25) is 0 Å². The van der Waals surface area contributed by atoms with Crippen molar-refractivity contribution in [3.05, 3.63) is 42.0 Å². The first-order valence-corrected chi connectivity index (χ1v) is 6.02. The van der Waals surface area contributed by atoms with Crippen molar-refractivity contribution < 1.29 is 22.6 Å². The number of rotatable bonds is 4. The number of ether oxygens (including phenoxy) is 2. The third kappa shape index (κ3) is 3.56. The first kappa shape index (κ1) is 15.0. The fourth-order valence-electron chi connectivity index (χ4n) is 1.67. The SMILES string of the molecule is CNc1cc(C(F)(F)F)cc(Oc2ccccc2OC)n1. The number of pyridine rings is 1. The van der Waals surface area contributed by atoms with Crippen LogP contribution in [-0.2, 0) is 6.18 Å². The Balaban J connectivity index is 2.39. The number of nitrogens with zero attached hydrogens (tertiary/aromatic N) is 1. The van der Waals surface area contributed by atoms with Crippen LogP contribution in [0.15, 0.2) is 36.4 Å². The number of methoxy groups -OCH3 is 1. The highest BCUT2D eigenvalue weighted by molar-refractivity contribution is 5.45.